The van der Waals surface area contributed by atoms with Crippen LogP contribution in [0.5, 0.6) is 0 Å². The lowest BCUT2D eigenvalue weighted by molar-refractivity contribution is -0.103. The van der Waals surface area contributed by atoms with E-state index >= 15 is 0 Å². The Labute approximate surface area is 104 Å². The van der Waals surface area contributed by atoms with Gasteiger partial charge in [-0.3, -0.25) is 0 Å². The van der Waals surface area contributed by atoms with Gasteiger partial charge >= 0.3 is 0 Å². The molecule has 0 spiro atoms. The maximum Gasteiger partial charge on any atom is 0.0860 e. The molecule has 1 N–H and O–H groups in total. The van der Waals surface area contributed by atoms with Gasteiger partial charge in [0.25, 0.3) is 0 Å². The van der Waals surface area contributed by atoms with Crippen LogP contribution in [0, 0.1) is 16.7 Å². The van der Waals surface area contributed by atoms with Gasteiger partial charge in [-0.2, -0.15) is 5.26 Å². The van der Waals surface area contributed by atoms with E-state index in [2.05, 4.69) is 17.9 Å². The third-order valence-corrected chi connectivity index (χ3v) is 4.76. The van der Waals surface area contributed by atoms with Gasteiger partial charge in [0.2, 0.25) is 0 Å². The van der Waals surface area contributed by atoms with E-state index in [1.807, 2.05) is 0 Å². The predicted molar refractivity (Wildman–Crippen MR) is 67.4 cm³/mol. The van der Waals surface area contributed by atoms with Crippen molar-refractivity contribution in [3.8, 4) is 6.07 Å². The summed E-state index contributed by atoms with van der Waals surface area (Å²) in [5.41, 5.74) is -1.14. The van der Waals surface area contributed by atoms with Crippen LogP contribution in [0.3, 0.4) is 0 Å². The Morgan fingerprint density at radius 3 is 2.47 bits per heavy atom. The van der Waals surface area contributed by atoms with Crippen LogP contribution in [0.15, 0.2) is 0 Å². The van der Waals surface area contributed by atoms with Gasteiger partial charge in [0.1, 0.15) is 0 Å². The number of nitrogens with zero attached hydrogens (tertiary/aromatic N) is 2. The molecule has 96 valence electrons. The zero-order valence-electron chi connectivity index (χ0n) is 10.9. The number of nitriles is 1. The standard InChI is InChI=1S/C14H24N2O/c1-2-9-16-10-4-7-14(17,8-11-16)13(12-15)5-3-6-13/h17H,2-11H2,1H3. The fourth-order valence-corrected chi connectivity index (χ4v) is 3.40. The molecular formula is C14H24N2O. The van der Waals surface area contributed by atoms with Crippen LogP contribution in [-0.2, 0) is 0 Å². The maximum atomic E-state index is 10.9. The van der Waals surface area contributed by atoms with Crippen LogP contribution >= 0.6 is 0 Å². The van der Waals surface area contributed by atoms with Gasteiger partial charge in [0, 0.05) is 6.54 Å². The van der Waals surface area contributed by atoms with Gasteiger partial charge < -0.3 is 10.0 Å². The minimum Gasteiger partial charge on any atom is -0.388 e. The molecule has 1 atom stereocenters. The largest absolute Gasteiger partial charge is 0.388 e. The topological polar surface area (TPSA) is 47.3 Å². The lowest BCUT2D eigenvalue weighted by atomic mass is 9.57. The Bertz CT molecular complexity index is 306. The molecule has 0 aromatic carbocycles. The smallest absolute Gasteiger partial charge is 0.0860 e. The quantitative estimate of drug-likeness (QED) is 0.818. The molecule has 1 aliphatic carbocycles. The monoisotopic (exact) mass is 236 g/mol. The second kappa shape index (κ2) is 4.96. The summed E-state index contributed by atoms with van der Waals surface area (Å²) in [7, 11) is 0. The normalized spacial score (nSPS) is 33.5. The van der Waals surface area contributed by atoms with Crippen LogP contribution in [-0.4, -0.2) is 35.2 Å². The molecule has 2 aliphatic rings. The molecular weight excluding hydrogens is 212 g/mol. The number of likely N-dealkylation sites (tertiary alicyclic amines) is 1. The summed E-state index contributed by atoms with van der Waals surface area (Å²) in [5.74, 6) is 0. The lowest BCUT2D eigenvalue weighted by Gasteiger charge is -2.48. The van der Waals surface area contributed by atoms with Crippen molar-refractivity contribution in [1.82, 2.24) is 4.90 Å². The van der Waals surface area contributed by atoms with Crippen LogP contribution in [0.25, 0.3) is 0 Å². The summed E-state index contributed by atoms with van der Waals surface area (Å²) in [6, 6.07) is 2.43. The summed E-state index contributed by atoms with van der Waals surface area (Å²) >= 11 is 0. The predicted octanol–water partition coefficient (Wildman–Crippen LogP) is 2.31. The minimum absolute atomic E-state index is 0.421. The first-order valence-corrected chi connectivity index (χ1v) is 7.02. The van der Waals surface area contributed by atoms with Crippen molar-refractivity contribution in [2.24, 2.45) is 5.41 Å². The summed E-state index contributed by atoms with van der Waals surface area (Å²) in [6.07, 6.45) is 6.68. The summed E-state index contributed by atoms with van der Waals surface area (Å²) in [5, 5.41) is 20.2. The first kappa shape index (κ1) is 12.9. The second-order valence-electron chi connectivity index (χ2n) is 5.77. The molecule has 0 aromatic rings. The van der Waals surface area contributed by atoms with Gasteiger partial charge in [0.15, 0.2) is 0 Å². The van der Waals surface area contributed by atoms with Crippen LogP contribution < -0.4 is 0 Å². The highest BCUT2D eigenvalue weighted by Gasteiger charge is 2.54. The van der Waals surface area contributed by atoms with Crippen molar-refractivity contribution < 1.29 is 5.11 Å². The van der Waals surface area contributed by atoms with E-state index < -0.39 is 11.0 Å². The van der Waals surface area contributed by atoms with Gasteiger partial charge in [-0.15, -0.1) is 0 Å². The molecule has 3 nitrogen and oxygen atoms in total. The van der Waals surface area contributed by atoms with E-state index in [0.29, 0.717) is 0 Å². The molecule has 1 aliphatic heterocycles. The lowest BCUT2D eigenvalue weighted by Crippen LogP contribution is -2.52. The first-order valence-electron chi connectivity index (χ1n) is 7.02. The molecule has 0 amide bonds. The van der Waals surface area contributed by atoms with E-state index in [-0.39, 0.29) is 0 Å². The zero-order valence-corrected chi connectivity index (χ0v) is 10.9. The van der Waals surface area contributed by atoms with Gasteiger partial charge in [-0.1, -0.05) is 13.3 Å². The minimum atomic E-state index is -0.720. The highest BCUT2D eigenvalue weighted by molar-refractivity contribution is 5.16. The molecule has 0 aromatic heterocycles. The number of rotatable bonds is 3. The maximum absolute atomic E-state index is 10.9. The van der Waals surface area contributed by atoms with E-state index in [1.54, 1.807) is 0 Å². The molecule has 1 heterocycles. The highest BCUT2D eigenvalue weighted by Crippen LogP contribution is 2.52. The van der Waals surface area contributed by atoms with Gasteiger partial charge in [-0.25, -0.2) is 0 Å². The molecule has 2 rings (SSSR count). The average molecular weight is 236 g/mol. The number of aliphatic hydroxyl groups is 1. The van der Waals surface area contributed by atoms with Gasteiger partial charge in [-0.05, 0) is 51.6 Å². The summed E-state index contributed by atoms with van der Waals surface area (Å²) < 4.78 is 0. The molecule has 1 saturated heterocycles. The third kappa shape index (κ3) is 2.21. The van der Waals surface area contributed by atoms with E-state index in [9.17, 15) is 10.4 Å². The molecule has 2 fully saturated rings. The summed E-state index contributed by atoms with van der Waals surface area (Å²) in [4.78, 5) is 2.43. The van der Waals surface area contributed by atoms with Crippen molar-refractivity contribution in [2.75, 3.05) is 19.6 Å². The molecule has 17 heavy (non-hydrogen) atoms. The molecule has 1 unspecified atom stereocenters. The van der Waals surface area contributed by atoms with Crippen LogP contribution in [0.1, 0.15) is 51.9 Å². The van der Waals surface area contributed by atoms with Crippen molar-refractivity contribution in [3.63, 3.8) is 0 Å². The summed E-state index contributed by atoms with van der Waals surface area (Å²) in [6.45, 7) is 5.35. The van der Waals surface area contributed by atoms with Crippen LogP contribution in [0.2, 0.25) is 0 Å². The number of hydrogen-bond acceptors (Lipinski definition) is 3. The SMILES string of the molecule is CCCN1CCCC(O)(C2(C#N)CCC2)CC1. The molecule has 3 heteroatoms. The average Bonchev–Trinajstić information content (AvgIpc) is 2.42. The number of hydrogen-bond donors (Lipinski definition) is 1. The van der Waals surface area contributed by atoms with Crippen LogP contribution in [0.4, 0.5) is 0 Å². The van der Waals surface area contributed by atoms with Crippen molar-refractivity contribution in [2.45, 2.75) is 57.5 Å². The van der Waals surface area contributed by atoms with Crippen molar-refractivity contribution in [1.29, 1.82) is 5.26 Å². The Morgan fingerprint density at radius 1 is 1.18 bits per heavy atom. The van der Waals surface area contributed by atoms with Crippen molar-refractivity contribution in [3.05, 3.63) is 0 Å². The Morgan fingerprint density at radius 2 is 1.94 bits per heavy atom. The third-order valence-electron chi connectivity index (χ3n) is 4.76. The second-order valence-corrected chi connectivity index (χ2v) is 5.77. The van der Waals surface area contributed by atoms with Gasteiger partial charge in [0.05, 0.1) is 17.1 Å². The Balaban J connectivity index is 2.04. The molecule has 0 bridgehead atoms. The van der Waals surface area contributed by atoms with E-state index in [1.165, 1.54) is 6.42 Å². The fourth-order valence-electron chi connectivity index (χ4n) is 3.40. The molecule has 1 saturated carbocycles. The van der Waals surface area contributed by atoms with E-state index in [4.69, 9.17) is 0 Å². The molecule has 0 radical (unpaired) electrons. The Kier molecular flexibility index (Phi) is 3.75. The van der Waals surface area contributed by atoms with Crippen molar-refractivity contribution >= 4 is 0 Å². The first-order chi connectivity index (χ1) is 8.16. The van der Waals surface area contributed by atoms with E-state index in [0.717, 1.165) is 58.2 Å². The highest BCUT2D eigenvalue weighted by atomic mass is 16.3. The Hall–Kier alpha value is -0.590. The zero-order chi connectivity index (χ0) is 12.4. The fraction of sp³-hybridized carbons (Fsp3) is 0.929.